The highest BCUT2D eigenvalue weighted by atomic mass is 35.5. The Bertz CT molecular complexity index is 1200. The van der Waals surface area contributed by atoms with Gasteiger partial charge in [-0.05, 0) is 42.5 Å². The highest BCUT2D eigenvalue weighted by Gasteiger charge is 2.10. The van der Waals surface area contributed by atoms with Gasteiger partial charge in [0.05, 0.1) is 16.3 Å². The van der Waals surface area contributed by atoms with E-state index in [4.69, 9.17) is 51.1 Å². The second kappa shape index (κ2) is 11.9. The third-order valence-electron chi connectivity index (χ3n) is 4.23. The monoisotopic (exact) mass is 523 g/mol. The average Bonchev–Trinajstić information content (AvgIpc) is 2.76. The Morgan fingerprint density at radius 2 is 1.67 bits per heavy atom. The molecule has 0 radical (unpaired) electrons. The molecule has 3 aromatic rings. The van der Waals surface area contributed by atoms with E-state index in [1.165, 1.54) is 12.3 Å². The Morgan fingerprint density at radius 3 is 2.42 bits per heavy atom. The molecule has 0 aliphatic carbocycles. The molecule has 33 heavy (non-hydrogen) atoms. The molecule has 0 unspecified atom stereocenters. The molecular weight excluding hydrogens is 508 g/mol. The van der Waals surface area contributed by atoms with Gasteiger partial charge in [0.15, 0.2) is 0 Å². The van der Waals surface area contributed by atoms with E-state index in [1.54, 1.807) is 36.4 Å². The molecule has 2 N–H and O–H groups in total. The van der Waals surface area contributed by atoms with Gasteiger partial charge in [0.1, 0.15) is 18.8 Å². The Kier molecular flexibility index (Phi) is 8.97. The average molecular weight is 525 g/mol. The minimum absolute atomic E-state index is 0.239. The lowest BCUT2D eigenvalue weighted by atomic mass is 10.2. The number of ether oxygens (including phenoxy) is 1. The molecule has 3 aromatic carbocycles. The van der Waals surface area contributed by atoms with E-state index in [0.717, 1.165) is 5.56 Å². The molecule has 0 aromatic heterocycles. The van der Waals surface area contributed by atoms with Crippen molar-refractivity contribution in [3.8, 4) is 5.75 Å². The number of hydrazone groups is 1. The summed E-state index contributed by atoms with van der Waals surface area (Å²) in [6, 6.07) is 16.9. The maximum Gasteiger partial charge on any atom is 0.249 e. The molecule has 6 nitrogen and oxygen atoms in total. The van der Waals surface area contributed by atoms with Gasteiger partial charge >= 0.3 is 0 Å². The molecule has 0 saturated heterocycles. The molecule has 3 rings (SSSR count). The van der Waals surface area contributed by atoms with Crippen LogP contribution in [-0.2, 0) is 16.2 Å². The summed E-state index contributed by atoms with van der Waals surface area (Å²) in [4.78, 5) is 24.1. The highest BCUT2D eigenvalue weighted by Crippen LogP contribution is 2.25. The third kappa shape index (κ3) is 7.65. The number of benzene rings is 3. The van der Waals surface area contributed by atoms with Gasteiger partial charge in [-0.2, -0.15) is 5.10 Å². The number of anilines is 1. The second-order valence-electron chi connectivity index (χ2n) is 6.71. The summed E-state index contributed by atoms with van der Waals surface area (Å²) in [6.07, 6.45) is 0.936. The Balaban J connectivity index is 1.57. The van der Waals surface area contributed by atoms with Gasteiger partial charge in [0.2, 0.25) is 11.8 Å². The molecule has 0 aliphatic heterocycles. The number of nitrogens with zero attached hydrogens (tertiary/aromatic N) is 1. The standard InChI is InChI=1S/C23H17Cl4N3O3/c24-16-5-8-21(33-13-14-3-1-2-4-18(14)25)15(9-16)12-28-30-23(32)11-22(31)29-17-6-7-19(26)20(27)10-17/h1-10,12H,11,13H2,(H,29,31)(H,30,32). The van der Waals surface area contributed by atoms with E-state index in [1.807, 2.05) is 18.2 Å². The molecule has 10 heteroatoms. The number of rotatable bonds is 8. The van der Waals surface area contributed by atoms with E-state index in [-0.39, 0.29) is 11.6 Å². The van der Waals surface area contributed by atoms with Crippen molar-refractivity contribution in [2.24, 2.45) is 5.10 Å². The summed E-state index contributed by atoms with van der Waals surface area (Å²) in [6.45, 7) is 0.239. The van der Waals surface area contributed by atoms with Crippen LogP contribution in [0.4, 0.5) is 5.69 Å². The first kappa shape index (κ1) is 24.9. The molecule has 0 aliphatic rings. The van der Waals surface area contributed by atoms with Crippen LogP contribution in [0, 0.1) is 0 Å². The molecule has 0 bridgehead atoms. The van der Waals surface area contributed by atoms with E-state index in [0.29, 0.717) is 32.1 Å². The van der Waals surface area contributed by atoms with Crippen molar-refractivity contribution in [1.29, 1.82) is 0 Å². The van der Waals surface area contributed by atoms with Gasteiger partial charge in [-0.15, -0.1) is 0 Å². The number of amides is 2. The summed E-state index contributed by atoms with van der Waals surface area (Å²) < 4.78 is 5.83. The van der Waals surface area contributed by atoms with Crippen LogP contribution in [0.5, 0.6) is 5.75 Å². The van der Waals surface area contributed by atoms with Crippen molar-refractivity contribution in [1.82, 2.24) is 5.43 Å². The first-order valence-corrected chi connectivity index (χ1v) is 11.1. The van der Waals surface area contributed by atoms with Crippen LogP contribution in [0.3, 0.4) is 0 Å². The van der Waals surface area contributed by atoms with Crippen molar-refractivity contribution in [3.05, 3.63) is 91.9 Å². The molecule has 2 amide bonds. The highest BCUT2D eigenvalue weighted by molar-refractivity contribution is 6.42. The summed E-state index contributed by atoms with van der Waals surface area (Å²) in [5.41, 5.74) is 4.08. The lowest BCUT2D eigenvalue weighted by Crippen LogP contribution is -2.24. The van der Waals surface area contributed by atoms with Gasteiger partial charge < -0.3 is 10.1 Å². The lowest BCUT2D eigenvalue weighted by molar-refractivity contribution is -0.126. The van der Waals surface area contributed by atoms with Crippen molar-refractivity contribution in [2.75, 3.05) is 5.32 Å². The number of carbonyl (C=O) groups excluding carboxylic acids is 2. The van der Waals surface area contributed by atoms with Crippen LogP contribution in [0.25, 0.3) is 0 Å². The topological polar surface area (TPSA) is 79.8 Å². The predicted molar refractivity (Wildman–Crippen MR) is 133 cm³/mol. The minimum atomic E-state index is -0.607. The zero-order chi connectivity index (χ0) is 23.8. The fraction of sp³-hybridized carbons (Fsp3) is 0.0870. The molecule has 0 saturated carbocycles. The minimum Gasteiger partial charge on any atom is -0.488 e. The first-order chi connectivity index (χ1) is 15.8. The number of nitrogens with one attached hydrogen (secondary N) is 2. The van der Waals surface area contributed by atoms with E-state index >= 15 is 0 Å². The van der Waals surface area contributed by atoms with Gasteiger partial charge in [-0.1, -0.05) is 64.6 Å². The van der Waals surface area contributed by atoms with Crippen molar-refractivity contribution < 1.29 is 14.3 Å². The van der Waals surface area contributed by atoms with Crippen LogP contribution in [0.2, 0.25) is 20.1 Å². The Hall–Kier alpha value is -2.77. The van der Waals surface area contributed by atoms with E-state index in [9.17, 15) is 9.59 Å². The van der Waals surface area contributed by atoms with Gasteiger partial charge in [0, 0.05) is 26.9 Å². The predicted octanol–water partition coefficient (Wildman–Crippen LogP) is 6.36. The molecule has 0 spiro atoms. The van der Waals surface area contributed by atoms with Crippen molar-refractivity contribution >= 4 is 70.1 Å². The number of halogens is 4. The number of hydrogen-bond acceptors (Lipinski definition) is 4. The van der Waals surface area contributed by atoms with E-state index in [2.05, 4.69) is 15.8 Å². The zero-order valence-corrected chi connectivity index (χ0v) is 20.0. The Morgan fingerprint density at radius 1 is 0.879 bits per heavy atom. The SMILES string of the molecule is O=C(CC(=O)Nc1ccc(Cl)c(Cl)c1)NN=Cc1cc(Cl)ccc1OCc1ccccc1Cl. The summed E-state index contributed by atoms with van der Waals surface area (Å²) in [5.74, 6) is -0.647. The van der Waals surface area contributed by atoms with Crippen LogP contribution in [0.15, 0.2) is 65.8 Å². The number of hydrogen-bond donors (Lipinski definition) is 2. The molecule has 0 atom stereocenters. The van der Waals surface area contributed by atoms with E-state index < -0.39 is 18.2 Å². The third-order valence-corrected chi connectivity index (χ3v) is 5.57. The van der Waals surface area contributed by atoms with Crippen LogP contribution < -0.4 is 15.5 Å². The van der Waals surface area contributed by atoms with Crippen LogP contribution >= 0.6 is 46.4 Å². The normalized spacial score (nSPS) is 10.8. The largest absolute Gasteiger partial charge is 0.488 e. The quantitative estimate of drug-likeness (QED) is 0.204. The smallest absolute Gasteiger partial charge is 0.249 e. The van der Waals surface area contributed by atoms with Gasteiger partial charge in [-0.3, -0.25) is 9.59 Å². The summed E-state index contributed by atoms with van der Waals surface area (Å²) in [7, 11) is 0. The molecular formula is C23H17Cl4N3O3. The van der Waals surface area contributed by atoms with Crippen molar-refractivity contribution in [2.45, 2.75) is 13.0 Å². The van der Waals surface area contributed by atoms with Crippen molar-refractivity contribution in [3.63, 3.8) is 0 Å². The fourth-order valence-corrected chi connectivity index (χ4v) is 3.33. The maximum atomic E-state index is 12.1. The first-order valence-electron chi connectivity index (χ1n) is 9.54. The molecule has 170 valence electrons. The summed E-state index contributed by atoms with van der Waals surface area (Å²) in [5, 5.41) is 8.16. The molecule has 0 fully saturated rings. The Labute approximate surface area is 210 Å². The molecule has 0 heterocycles. The zero-order valence-electron chi connectivity index (χ0n) is 16.9. The summed E-state index contributed by atoms with van der Waals surface area (Å²) >= 11 is 24.0. The maximum absolute atomic E-state index is 12.1. The number of carbonyl (C=O) groups is 2. The second-order valence-corrected chi connectivity index (χ2v) is 8.37. The van der Waals surface area contributed by atoms with Gasteiger partial charge in [-0.25, -0.2) is 5.43 Å². The lowest BCUT2D eigenvalue weighted by Gasteiger charge is -2.10. The van der Waals surface area contributed by atoms with Crippen LogP contribution in [0.1, 0.15) is 17.5 Å². The van der Waals surface area contributed by atoms with Crippen LogP contribution in [-0.4, -0.2) is 18.0 Å². The fourth-order valence-electron chi connectivity index (χ4n) is 2.66. The van der Waals surface area contributed by atoms with Gasteiger partial charge in [0.25, 0.3) is 0 Å².